The average Bonchev–Trinajstić information content (AvgIpc) is 3.20. The third-order valence-corrected chi connectivity index (χ3v) is 4.56. The van der Waals surface area contributed by atoms with Crippen LogP contribution in [0.2, 0.25) is 0 Å². The highest BCUT2D eigenvalue weighted by atomic mass is 16.1. The normalized spacial score (nSPS) is 35.2. The molecule has 2 aliphatic carbocycles. The van der Waals surface area contributed by atoms with E-state index in [1.54, 1.807) is 0 Å². The van der Waals surface area contributed by atoms with Crippen LogP contribution in [-0.4, -0.2) is 11.8 Å². The number of ketones is 1. The number of benzene rings is 1. The average molecular weight is 243 g/mol. The van der Waals surface area contributed by atoms with Gasteiger partial charge in [0.05, 0.1) is 0 Å². The van der Waals surface area contributed by atoms with E-state index in [1.807, 2.05) is 6.07 Å². The van der Waals surface area contributed by atoms with Gasteiger partial charge in [-0.2, -0.15) is 0 Å². The molecule has 2 saturated carbocycles. The highest BCUT2D eigenvalue weighted by molar-refractivity contribution is 5.87. The van der Waals surface area contributed by atoms with E-state index in [4.69, 9.17) is 5.73 Å². The van der Waals surface area contributed by atoms with E-state index in [-0.39, 0.29) is 0 Å². The van der Waals surface area contributed by atoms with Crippen molar-refractivity contribution in [1.29, 1.82) is 0 Å². The summed E-state index contributed by atoms with van der Waals surface area (Å²) in [6, 6.07) is 10.8. The quantitative estimate of drug-likeness (QED) is 0.887. The lowest BCUT2D eigenvalue weighted by Gasteiger charge is -2.25. The first kappa shape index (κ1) is 11.9. The predicted molar refractivity (Wildman–Crippen MR) is 72.2 cm³/mol. The molecule has 2 atom stereocenters. The van der Waals surface area contributed by atoms with Crippen LogP contribution < -0.4 is 5.73 Å². The van der Waals surface area contributed by atoms with E-state index in [9.17, 15) is 4.79 Å². The summed E-state index contributed by atoms with van der Waals surface area (Å²) < 4.78 is 0. The molecule has 0 radical (unpaired) electrons. The third-order valence-electron chi connectivity index (χ3n) is 4.56. The molecule has 96 valence electrons. The van der Waals surface area contributed by atoms with Crippen LogP contribution in [0.15, 0.2) is 30.3 Å². The summed E-state index contributed by atoms with van der Waals surface area (Å²) >= 11 is 0. The van der Waals surface area contributed by atoms with Crippen LogP contribution in [0.3, 0.4) is 0 Å². The number of rotatable bonds is 3. The fourth-order valence-electron chi connectivity index (χ4n) is 3.28. The molecule has 0 aliphatic heterocycles. The third kappa shape index (κ3) is 2.35. The molecule has 2 unspecified atom stereocenters. The standard InChI is InChI=1S/C16H21NO/c17-13-8-6-12(7-9-13)16(18)15-10-14(15)11-4-2-1-3-5-11/h1-5,12-15H,6-10,17H2. The lowest BCUT2D eigenvalue weighted by Crippen LogP contribution is -2.30. The Morgan fingerprint density at radius 2 is 1.72 bits per heavy atom. The second-order valence-electron chi connectivity index (χ2n) is 5.87. The maximum atomic E-state index is 12.4. The number of carbonyl (C=O) groups excluding carboxylic acids is 1. The first-order valence-electron chi connectivity index (χ1n) is 7.10. The van der Waals surface area contributed by atoms with Gasteiger partial charge in [0.25, 0.3) is 0 Å². The van der Waals surface area contributed by atoms with Gasteiger partial charge in [-0.25, -0.2) is 0 Å². The van der Waals surface area contributed by atoms with Crippen LogP contribution >= 0.6 is 0 Å². The summed E-state index contributed by atoms with van der Waals surface area (Å²) in [6.07, 6.45) is 5.14. The van der Waals surface area contributed by atoms with Gasteiger partial charge >= 0.3 is 0 Å². The summed E-state index contributed by atoms with van der Waals surface area (Å²) in [6.45, 7) is 0. The van der Waals surface area contributed by atoms with E-state index < -0.39 is 0 Å². The Hall–Kier alpha value is -1.15. The Kier molecular flexibility index (Phi) is 3.21. The molecule has 3 rings (SSSR count). The molecule has 0 bridgehead atoms. The van der Waals surface area contributed by atoms with Crippen molar-refractivity contribution in [3.05, 3.63) is 35.9 Å². The zero-order chi connectivity index (χ0) is 12.5. The van der Waals surface area contributed by atoms with Crippen molar-refractivity contribution in [2.45, 2.75) is 44.1 Å². The second kappa shape index (κ2) is 4.85. The molecule has 1 aromatic carbocycles. The minimum absolute atomic E-state index is 0.295. The van der Waals surface area contributed by atoms with Crippen LogP contribution in [0.25, 0.3) is 0 Å². The van der Waals surface area contributed by atoms with Crippen LogP contribution in [0.5, 0.6) is 0 Å². The maximum absolute atomic E-state index is 12.4. The topological polar surface area (TPSA) is 43.1 Å². The predicted octanol–water partition coefficient (Wildman–Crippen LogP) is 2.88. The van der Waals surface area contributed by atoms with Gasteiger partial charge in [-0.15, -0.1) is 0 Å². The number of hydrogen-bond acceptors (Lipinski definition) is 2. The van der Waals surface area contributed by atoms with Gasteiger partial charge in [-0.3, -0.25) is 4.79 Å². The highest BCUT2D eigenvalue weighted by Gasteiger charge is 2.46. The fourth-order valence-corrected chi connectivity index (χ4v) is 3.28. The van der Waals surface area contributed by atoms with E-state index in [1.165, 1.54) is 5.56 Å². The Morgan fingerprint density at radius 1 is 1.06 bits per heavy atom. The van der Waals surface area contributed by atoms with Crippen molar-refractivity contribution in [3.8, 4) is 0 Å². The summed E-state index contributed by atoms with van der Waals surface area (Å²) in [5, 5.41) is 0. The second-order valence-corrected chi connectivity index (χ2v) is 5.87. The van der Waals surface area contributed by atoms with Gasteiger partial charge in [0.15, 0.2) is 0 Å². The largest absolute Gasteiger partial charge is 0.328 e. The Labute approximate surface area is 109 Å². The molecular formula is C16H21NO. The van der Waals surface area contributed by atoms with E-state index in [0.29, 0.717) is 29.6 Å². The zero-order valence-corrected chi connectivity index (χ0v) is 10.7. The highest BCUT2D eigenvalue weighted by Crippen LogP contribution is 2.50. The number of hydrogen-bond donors (Lipinski definition) is 1. The molecule has 18 heavy (non-hydrogen) atoms. The minimum atomic E-state index is 0.295. The Morgan fingerprint density at radius 3 is 2.39 bits per heavy atom. The van der Waals surface area contributed by atoms with Gasteiger partial charge in [0.1, 0.15) is 5.78 Å². The molecule has 0 amide bonds. The van der Waals surface area contributed by atoms with Gasteiger partial charge in [-0.05, 0) is 43.6 Å². The van der Waals surface area contributed by atoms with Crippen LogP contribution in [0, 0.1) is 11.8 Å². The SMILES string of the molecule is NC1CCC(C(=O)C2CC2c2ccccc2)CC1. The lowest BCUT2D eigenvalue weighted by molar-refractivity contribution is -0.125. The first-order chi connectivity index (χ1) is 8.75. The number of carbonyl (C=O) groups is 1. The van der Waals surface area contributed by atoms with Crippen molar-refractivity contribution < 1.29 is 4.79 Å². The summed E-state index contributed by atoms with van der Waals surface area (Å²) in [5.74, 6) is 1.60. The Balaban J connectivity index is 1.59. The smallest absolute Gasteiger partial charge is 0.139 e. The van der Waals surface area contributed by atoms with Crippen LogP contribution in [-0.2, 0) is 4.79 Å². The number of Topliss-reactive ketones (excluding diaryl/α,β-unsaturated/α-hetero) is 1. The molecule has 2 heteroatoms. The van der Waals surface area contributed by atoms with Crippen LogP contribution in [0.4, 0.5) is 0 Å². The molecule has 0 heterocycles. The van der Waals surface area contributed by atoms with Gasteiger partial charge in [0, 0.05) is 17.9 Å². The number of nitrogens with two attached hydrogens (primary N) is 1. The van der Waals surface area contributed by atoms with Crippen molar-refractivity contribution >= 4 is 5.78 Å². The van der Waals surface area contributed by atoms with Crippen molar-refractivity contribution in [2.75, 3.05) is 0 Å². The molecule has 0 saturated heterocycles. The van der Waals surface area contributed by atoms with Crippen LogP contribution in [0.1, 0.15) is 43.6 Å². The molecule has 1 aromatic rings. The zero-order valence-electron chi connectivity index (χ0n) is 10.7. The molecule has 2 fully saturated rings. The Bertz CT molecular complexity index is 420. The first-order valence-corrected chi connectivity index (χ1v) is 7.10. The summed E-state index contributed by atoms with van der Waals surface area (Å²) in [4.78, 5) is 12.4. The van der Waals surface area contributed by atoms with Crippen molar-refractivity contribution in [2.24, 2.45) is 17.6 Å². The van der Waals surface area contributed by atoms with E-state index >= 15 is 0 Å². The maximum Gasteiger partial charge on any atom is 0.139 e. The monoisotopic (exact) mass is 243 g/mol. The fraction of sp³-hybridized carbons (Fsp3) is 0.562. The van der Waals surface area contributed by atoms with Gasteiger partial charge in [0.2, 0.25) is 0 Å². The molecule has 2 N–H and O–H groups in total. The van der Waals surface area contributed by atoms with Crippen molar-refractivity contribution in [1.82, 2.24) is 0 Å². The molecule has 2 aliphatic rings. The lowest BCUT2D eigenvalue weighted by atomic mass is 9.82. The summed E-state index contributed by atoms with van der Waals surface area (Å²) in [7, 11) is 0. The van der Waals surface area contributed by atoms with Gasteiger partial charge < -0.3 is 5.73 Å². The van der Waals surface area contributed by atoms with E-state index in [2.05, 4.69) is 24.3 Å². The minimum Gasteiger partial charge on any atom is -0.328 e. The summed E-state index contributed by atoms with van der Waals surface area (Å²) in [5.41, 5.74) is 7.23. The van der Waals surface area contributed by atoms with Gasteiger partial charge in [-0.1, -0.05) is 30.3 Å². The van der Waals surface area contributed by atoms with Crippen molar-refractivity contribution in [3.63, 3.8) is 0 Å². The molecular weight excluding hydrogens is 222 g/mol. The molecule has 0 aromatic heterocycles. The molecule has 0 spiro atoms. The van der Waals surface area contributed by atoms with E-state index in [0.717, 1.165) is 32.1 Å². The molecule has 2 nitrogen and oxygen atoms in total.